The molecule has 0 amide bonds. The van der Waals surface area contributed by atoms with Crippen molar-refractivity contribution in [2.24, 2.45) is 0 Å². The Morgan fingerprint density at radius 2 is 2.16 bits per heavy atom. The summed E-state index contributed by atoms with van der Waals surface area (Å²) in [5.41, 5.74) is 1.19. The quantitative estimate of drug-likeness (QED) is 0.863. The first kappa shape index (κ1) is 13.5. The second-order valence-electron chi connectivity index (χ2n) is 4.53. The SMILES string of the molecule is COc1ccccc1CC(C)NCc1noc(C)n1. The van der Waals surface area contributed by atoms with Gasteiger partial charge in [0.15, 0.2) is 5.82 Å². The fourth-order valence-corrected chi connectivity index (χ4v) is 1.95. The fourth-order valence-electron chi connectivity index (χ4n) is 1.95. The number of ether oxygens (including phenoxy) is 1. The van der Waals surface area contributed by atoms with E-state index in [0.29, 0.717) is 24.3 Å². The van der Waals surface area contributed by atoms with E-state index in [1.54, 1.807) is 14.0 Å². The Hall–Kier alpha value is -1.88. The van der Waals surface area contributed by atoms with Crippen molar-refractivity contribution >= 4 is 0 Å². The molecule has 0 aliphatic carbocycles. The van der Waals surface area contributed by atoms with Crippen LogP contribution >= 0.6 is 0 Å². The van der Waals surface area contributed by atoms with Crippen LogP contribution in [0.1, 0.15) is 24.2 Å². The number of aryl methyl sites for hydroxylation is 1. The molecule has 102 valence electrons. The van der Waals surface area contributed by atoms with Crippen LogP contribution in [0.3, 0.4) is 0 Å². The smallest absolute Gasteiger partial charge is 0.223 e. The zero-order valence-corrected chi connectivity index (χ0v) is 11.5. The molecule has 0 bridgehead atoms. The predicted octanol–water partition coefficient (Wildman–Crippen LogP) is 2.11. The number of rotatable bonds is 6. The first-order valence-corrected chi connectivity index (χ1v) is 6.33. The van der Waals surface area contributed by atoms with E-state index in [1.807, 2.05) is 18.2 Å². The minimum Gasteiger partial charge on any atom is -0.496 e. The second-order valence-corrected chi connectivity index (χ2v) is 4.53. The van der Waals surface area contributed by atoms with Gasteiger partial charge in [-0.05, 0) is 25.0 Å². The lowest BCUT2D eigenvalue weighted by Gasteiger charge is -2.14. The molecular formula is C14H19N3O2. The van der Waals surface area contributed by atoms with Crippen molar-refractivity contribution in [3.8, 4) is 5.75 Å². The van der Waals surface area contributed by atoms with Gasteiger partial charge in [-0.15, -0.1) is 0 Å². The van der Waals surface area contributed by atoms with Crippen molar-refractivity contribution in [2.45, 2.75) is 32.9 Å². The topological polar surface area (TPSA) is 60.2 Å². The molecule has 1 aromatic carbocycles. The first-order chi connectivity index (χ1) is 9.19. The van der Waals surface area contributed by atoms with Gasteiger partial charge in [0.2, 0.25) is 5.89 Å². The van der Waals surface area contributed by atoms with Crippen LogP contribution in [-0.2, 0) is 13.0 Å². The Bertz CT molecular complexity index is 525. The van der Waals surface area contributed by atoms with Gasteiger partial charge >= 0.3 is 0 Å². The highest BCUT2D eigenvalue weighted by molar-refractivity contribution is 5.33. The van der Waals surface area contributed by atoms with Crippen molar-refractivity contribution < 1.29 is 9.26 Å². The number of aromatic nitrogens is 2. The Balaban J connectivity index is 1.88. The third kappa shape index (κ3) is 3.79. The maximum absolute atomic E-state index is 5.34. The maximum atomic E-state index is 5.34. The fraction of sp³-hybridized carbons (Fsp3) is 0.429. The predicted molar refractivity (Wildman–Crippen MR) is 72.0 cm³/mol. The molecule has 1 heterocycles. The normalized spacial score (nSPS) is 12.4. The minimum atomic E-state index is 0.301. The van der Waals surface area contributed by atoms with Crippen LogP contribution in [0.2, 0.25) is 0 Å². The average molecular weight is 261 g/mol. The van der Waals surface area contributed by atoms with Gasteiger partial charge in [-0.3, -0.25) is 0 Å². The lowest BCUT2D eigenvalue weighted by molar-refractivity contribution is 0.383. The molecule has 0 radical (unpaired) electrons. The number of para-hydroxylation sites is 1. The monoisotopic (exact) mass is 261 g/mol. The molecule has 2 aromatic rings. The minimum absolute atomic E-state index is 0.301. The summed E-state index contributed by atoms with van der Waals surface area (Å²) in [4.78, 5) is 4.16. The zero-order valence-electron chi connectivity index (χ0n) is 11.5. The summed E-state index contributed by atoms with van der Waals surface area (Å²) in [6.45, 7) is 4.52. The van der Waals surface area contributed by atoms with Crippen molar-refractivity contribution in [2.75, 3.05) is 7.11 Å². The molecule has 0 spiro atoms. The Morgan fingerprint density at radius 3 is 2.84 bits per heavy atom. The van der Waals surface area contributed by atoms with Gasteiger partial charge < -0.3 is 14.6 Å². The average Bonchev–Trinajstić information content (AvgIpc) is 2.83. The molecule has 0 saturated heterocycles. The molecular weight excluding hydrogens is 242 g/mol. The van der Waals surface area contributed by atoms with Gasteiger partial charge in [-0.2, -0.15) is 4.98 Å². The molecule has 0 aliphatic rings. The van der Waals surface area contributed by atoms with Gasteiger partial charge in [0.05, 0.1) is 13.7 Å². The Labute approximate surface area is 113 Å². The van der Waals surface area contributed by atoms with Crippen molar-refractivity contribution in [1.29, 1.82) is 0 Å². The third-order valence-electron chi connectivity index (χ3n) is 2.90. The van der Waals surface area contributed by atoms with Crippen LogP contribution in [0.4, 0.5) is 0 Å². The van der Waals surface area contributed by atoms with Crippen LogP contribution in [0.15, 0.2) is 28.8 Å². The van der Waals surface area contributed by atoms with E-state index < -0.39 is 0 Å². The summed E-state index contributed by atoms with van der Waals surface area (Å²) < 4.78 is 10.3. The summed E-state index contributed by atoms with van der Waals surface area (Å²) in [6, 6.07) is 8.35. The van der Waals surface area contributed by atoms with Crippen LogP contribution in [0.5, 0.6) is 5.75 Å². The van der Waals surface area contributed by atoms with Gasteiger partial charge in [-0.1, -0.05) is 23.4 Å². The highest BCUT2D eigenvalue weighted by Crippen LogP contribution is 2.18. The van der Waals surface area contributed by atoms with E-state index in [0.717, 1.165) is 12.2 Å². The molecule has 2 rings (SSSR count). The molecule has 19 heavy (non-hydrogen) atoms. The van der Waals surface area contributed by atoms with Gasteiger partial charge in [-0.25, -0.2) is 0 Å². The standard InChI is InChI=1S/C14H19N3O2/c1-10(15-9-14-16-11(2)19-17-14)8-12-6-4-5-7-13(12)18-3/h4-7,10,15H,8-9H2,1-3H3. The molecule has 1 atom stereocenters. The Morgan fingerprint density at radius 1 is 1.37 bits per heavy atom. The summed E-state index contributed by atoms with van der Waals surface area (Å²) in [5, 5.41) is 7.23. The third-order valence-corrected chi connectivity index (χ3v) is 2.90. The van der Waals surface area contributed by atoms with Crippen LogP contribution in [0.25, 0.3) is 0 Å². The summed E-state index contributed by atoms with van der Waals surface area (Å²) in [7, 11) is 1.69. The van der Waals surface area contributed by atoms with E-state index in [9.17, 15) is 0 Å². The number of nitrogens with zero attached hydrogens (tertiary/aromatic N) is 2. The number of hydrogen-bond acceptors (Lipinski definition) is 5. The molecule has 1 N–H and O–H groups in total. The van der Waals surface area contributed by atoms with Gasteiger partial charge in [0.25, 0.3) is 0 Å². The number of nitrogens with one attached hydrogen (secondary N) is 1. The molecule has 5 nitrogen and oxygen atoms in total. The number of benzene rings is 1. The van der Waals surface area contributed by atoms with E-state index >= 15 is 0 Å². The molecule has 0 saturated carbocycles. The highest BCUT2D eigenvalue weighted by atomic mass is 16.5. The molecule has 1 unspecified atom stereocenters. The first-order valence-electron chi connectivity index (χ1n) is 6.33. The second kappa shape index (κ2) is 6.33. The lowest BCUT2D eigenvalue weighted by Crippen LogP contribution is -2.28. The van der Waals surface area contributed by atoms with Crippen molar-refractivity contribution in [3.63, 3.8) is 0 Å². The van der Waals surface area contributed by atoms with E-state index in [4.69, 9.17) is 9.26 Å². The number of hydrogen-bond donors (Lipinski definition) is 1. The maximum Gasteiger partial charge on any atom is 0.223 e. The van der Waals surface area contributed by atoms with Crippen LogP contribution in [0, 0.1) is 6.92 Å². The van der Waals surface area contributed by atoms with Gasteiger partial charge in [0.1, 0.15) is 5.75 Å². The van der Waals surface area contributed by atoms with Crippen molar-refractivity contribution in [3.05, 3.63) is 41.5 Å². The van der Waals surface area contributed by atoms with Crippen molar-refractivity contribution in [1.82, 2.24) is 15.5 Å². The highest BCUT2D eigenvalue weighted by Gasteiger charge is 2.09. The molecule has 0 aliphatic heterocycles. The number of methoxy groups -OCH3 is 1. The van der Waals surface area contributed by atoms with Crippen LogP contribution in [-0.4, -0.2) is 23.3 Å². The van der Waals surface area contributed by atoms with E-state index in [2.05, 4.69) is 28.4 Å². The molecule has 1 aromatic heterocycles. The van der Waals surface area contributed by atoms with E-state index in [-0.39, 0.29) is 0 Å². The zero-order chi connectivity index (χ0) is 13.7. The van der Waals surface area contributed by atoms with E-state index in [1.165, 1.54) is 5.56 Å². The van der Waals surface area contributed by atoms with Crippen LogP contribution < -0.4 is 10.1 Å². The lowest BCUT2D eigenvalue weighted by atomic mass is 10.1. The molecule has 5 heteroatoms. The van der Waals surface area contributed by atoms with Gasteiger partial charge in [0, 0.05) is 13.0 Å². The summed E-state index contributed by atoms with van der Waals surface area (Å²) in [5.74, 6) is 2.20. The Kier molecular flexibility index (Phi) is 4.52. The largest absolute Gasteiger partial charge is 0.496 e. The molecule has 0 fully saturated rings. The summed E-state index contributed by atoms with van der Waals surface area (Å²) >= 11 is 0. The summed E-state index contributed by atoms with van der Waals surface area (Å²) in [6.07, 6.45) is 0.890.